The average Bonchev–Trinajstić information content (AvgIpc) is 3.25. The number of fused-ring (bicyclic) bond motifs is 1. The topological polar surface area (TPSA) is 79.3 Å². The summed E-state index contributed by atoms with van der Waals surface area (Å²) in [5, 5.41) is 9.67. The van der Waals surface area contributed by atoms with Gasteiger partial charge in [-0.25, -0.2) is 13.1 Å². The Labute approximate surface area is 124 Å². The third-order valence-corrected chi connectivity index (χ3v) is 5.59. The largest absolute Gasteiger partial charge is 0.396 e. The van der Waals surface area contributed by atoms with Gasteiger partial charge in [-0.15, -0.1) is 0 Å². The number of pyridine rings is 1. The van der Waals surface area contributed by atoms with E-state index in [1.165, 1.54) is 0 Å². The summed E-state index contributed by atoms with van der Waals surface area (Å²) in [7, 11) is -3.57. The number of benzene rings is 1. The van der Waals surface area contributed by atoms with Gasteiger partial charge in [0.25, 0.3) is 0 Å². The van der Waals surface area contributed by atoms with Crippen LogP contribution in [0.25, 0.3) is 10.9 Å². The predicted octanol–water partition coefficient (Wildman–Crippen LogP) is 1.68. The van der Waals surface area contributed by atoms with Crippen molar-refractivity contribution in [2.45, 2.75) is 24.2 Å². The van der Waals surface area contributed by atoms with E-state index in [-0.39, 0.29) is 16.9 Å². The number of hydrogen-bond acceptors (Lipinski definition) is 4. The van der Waals surface area contributed by atoms with Gasteiger partial charge in [0.15, 0.2) is 0 Å². The van der Waals surface area contributed by atoms with Gasteiger partial charge in [0.2, 0.25) is 10.0 Å². The SMILES string of the molecule is O=S(=O)(NCC1(CCO)CC1)c1cccc2ncccc12. The molecule has 112 valence electrons. The third-order valence-electron chi connectivity index (χ3n) is 4.13. The van der Waals surface area contributed by atoms with Crippen molar-refractivity contribution >= 4 is 20.9 Å². The summed E-state index contributed by atoms with van der Waals surface area (Å²) < 4.78 is 27.7. The number of aromatic nitrogens is 1. The molecule has 1 saturated carbocycles. The lowest BCUT2D eigenvalue weighted by molar-refractivity contribution is 0.249. The molecular formula is C15H18N2O3S. The second-order valence-electron chi connectivity index (χ2n) is 5.62. The quantitative estimate of drug-likeness (QED) is 0.851. The van der Waals surface area contributed by atoms with Gasteiger partial charge in [-0.05, 0) is 48.9 Å². The summed E-state index contributed by atoms with van der Waals surface area (Å²) >= 11 is 0. The zero-order valence-corrected chi connectivity index (χ0v) is 12.4. The van der Waals surface area contributed by atoms with Gasteiger partial charge in [0.1, 0.15) is 0 Å². The molecule has 1 aromatic carbocycles. The number of sulfonamides is 1. The minimum Gasteiger partial charge on any atom is -0.396 e. The number of aliphatic hydroxyl groups excluding tert-OH is 1. The number of aliphatic hydroxyl groups is 1. The summed E-state index contributed by atoms with van der Waals surface area (Å²) in [4.78, 5) is 4.44. The van der Waals surface area contributed by atoms with Gasteiger partial charge in [0, 0.05) is 24.7 Å². The second-order valence-corrected chi connectivity index (χ2v) is 7.36. The van der Waals surface area contributed by atoms with Crippen molar-refractivity contribution in [3.8, 4) is 0 Å². The van der Waals surface area contributed by atoms with Crippen LogP contribution < -0.4 is 4.72 Å². The van der Waals surface area contributed by atoms with Crippen molar-refractivity contribution in [1.82, 2.24) is 9.71 Å². The monoisotopic (exact) mass is 306 g/mol. The van der Waals surface area contributed by atoms with E-state index in [1.54, 1.807) is 36.5 Å². The lowest BCUT2D eigenvalue weighted by Crippen LogP contribution is -2.31. The Morgan fingerprint density at radius 1 is 1.24 bits per heavy atom. The molecule has 1 aliphatic carbocycles. The molecule has 0 spiro atoms. The second kappa shape index (κ2) is 5.36. The van der Waals surface area contributed by atoms with Crippen LogP contribution in [0.5, 0.6) is 0 Å². The predicted molar refractivity (Wildman–Crippen MR) is 80.3 cm³/mol. The van der Waals surface area contributed by atoms with Crippen LogP contribution >= 0.6 is 0 Å². The Morgan fingerprint density at radius 2 is 2.05 bits per heavy atom. The lowest BCUT2D eigenvalue weighted by Gasteiger charge is -2.15. The number of nitrogens with zero attached hydrogens (tertiary/aromatic N) is 1. The van der Waals surface area contributed by atoms with Crippen molar-refractivity contribution in [3.05, 3.63) is 36.5 Å². The van der Waals surface area contributed by atoms with Crippen LogP contribution in [0.1, 0.15) is 19.3 Å². The molecule has 0 bridgehead atoms. The molecule has 0 saturated heterocycles. The van der Waals surface area contributed by atoms with Crippen LogP contribution in [0, 0.1) is 5.41 Å². The summed E-state index contributed by atoms with van der Waals surface area (Å²) in [5.74, 6) is 0. The first-order valence-electron chi connectivity index (χ1n) is 7.01. The maximum absolute atomic E-state index is 12.5. The fraction of sp³-hybridized carbons (Fsp3) is 0.400. The molecular weight excluding hydrogens is 288 g/mol. The molecule has 1 aromatic heterocycles. The molecule has 1 heterocycles. The number of hydrogen-bond donors (Lipinski definition) is 2. The van der Waals surface area contributed by atoms with E-state index in [2.05, 4.69) is 9.71 Å². The zero-order chi connectivity index (χ0) is 14.9. The first-order chi connectivity index (χ1) is 10.1. The van der Waals surface area contributed by atoms with Crippen molar-refractivity contribution in [3.63, 3.8) is 0 Å². The van der Waals surface area contributed by atoms with Crippen molar-refractivity contribution in [1.29, 1.82) is 0 Å². The standard InChI is InChI=1S/C15H18N2O3S/c18-10-8-15(6-7-15)11-17-21(19,20)14-5-1-4-13-12(14)3-2-9-16-13/h1-5,9,17-18H,6-8,10-11H2. The fourth-order valence-electron chi connectivity index (χ4n) is 2.56. The highest BCUT2D eigenvalue weighted by Gasteiger charge is 2.42. The molecule has 6 heteroatoms. The van der Waals surface area contributed by atoms with Gasteiger partial charge in [0.05, 0.1) is 10.4 Å². The first-order valence-corrected chi connectivity index (χ1v) is 8.49. The van der Waals surface area contributed by atoms with Crippen LogP contribution in [-0.2, 0) is 10.0 Å². The molecule has 0 unspecified atom stereocenters. The van der Waals surface area contributed by atoms with Crippen LogP contribution in [0.3, 0.4) is 0 Å². The van der Waals surface area contributed by atoms with E-state index in [0.717, 1.165) is 12.8 Å². The smallest absolute Gasteiger partial charge is 0.241 e. The Bertz CT molecular complexity index is 749. The third kappa shape index (κ3) is 2.92. The highest BCUT2D eigenvalue weighted by atomic mass is 32.2. The first kappa shape index (κ1) is 14.4. The van der Waals surface area contributed by atoms with Crippen molar-refractivity contribution < 1.29 is 13.5 Å². The molecule has 5 nitrogen and oxygen atoms in total. The maximum Gasteiger partial charge on any atom is 0.241 e. The minimum atomic E-state index is -3.57. The summed E-state index contributed by atoms with van der Waals surface area (Å²) in [5.41, 5.74) is 0.613. The molecule has 0 amide bonds. The molecule has 2 N–H and O–H groups in total. The highest BCUT2D eigenvalue weighted by Crippen LogP contribution is 2.48. The molecule has 0 radical (unpaired) electrons. The van der Waals surface area contributed by atoms with Crippen LogP contribution in [0.2, 0.25) is 0 Å². The summed E-state index contributed by atoms with van der Waals surface area (Å²) in [6.07, 6.45) is 4.22. The Morgan fingerprint density at radius 3 is 2.76 bits per heavy atom. The molecule has 0 atom stereocenters. The molecule has 21 heavy (non-hydrogen) atoms. The number of rotatable bonds is 6. The molecule has 0 aliphatic heterocycles. The van der Waals surface area contributed by atoms with Gasteiger partial charge in [-0.3, -0.25) is 4.98 Å². The van der Waals surface area contributed by atoms with Gasteiger partial charge in [-0.1, -0.05) is 6.07 Å². The minimum absolute atomic E-state index is 0.0509. The number of nitrogens with one attached hydrogen (secondary N) is 1. The Hall–Kier alpha value is -1.50. The lowest BCUT2D eigenvalue weighted by atomic mass is 10.0. The zero-order valence-electron chi connectivity index (χ0n) is 11.6. The summed E-state index contributed by atoms with van der Waals surface area (Å²) in [6.45, 7) is 0.479. The fourth-order valence-corrected chi connectivity index (χ4v) is 3.94. The molecule has 2 aromatic rings. The average molecular weight is 306 g/mol. The molecule has 1 aliphatic rings. The summed E-state index contributed by atoms with van der Waals surface area (Å²) in [6, 6.07) is 8.58. The van der Waals surface area contributed by atoms with E-state index in [0.29, 0.717) is 23.9 Å². The van der Waals surface area contributed by atoms with E-state index in [4.69, 9.17) is 5.11 Å². The van der Waals surface area contributed by atoms with Crippen LogP contribution in [0.15, 0.2) is 41.4 Å². The molecule has 3 rings (SSSR count). The van der Waals surface area contributed by atoms with E-state index in [1.807, 2.05) is 0 Å². The molecule has 1 fully saturated rings. The van der Waals surface area contributed by atoms with Crippen molar-refractivity contribution in [2.24, 2.45) is 5.41 Å². The van der Waals surface area contributed by atoms with Gasteiger partial charge >= 0.3 is 0 Å². The van der Waals surface area contributed by atoms with E-state index in [9.17, 15) is 8.42 Å². The van der Waals surface area contributed by atoms with Crippen LogP contribution in [-0.4, -0.2) is 31.7 Å². The van der Waals surface area contributed by atoms with E-state index >= 15 is 0 Å². The maximum atomic E-state index is 12.5. The normalized spacial score (nSPS) is 17.0. The van der Waals surface area contributed by atoms with Gasteiger partial charge < -0.3 is 5.11 Å². The van der Waals surface area contributed by atoms with Crippen molar-refractivity contribution in [2.75, 3.05) is 13.2 Å². The Balaban J connectivity index is 1.87. The Kier molecular flexibility index (Phi) is 3.69. The van der Waals surface area contributed by atoms with Crippen LogP contribution in [0.4, 0.5) is 0 Å². The highest BCUT2D eigenvalue weighted by molar-refractivity contribution is 7.89. The van der Waals surface area contributed by atoms with Gasteiger partial charge in [-0.2, -0.15) is 0 Å². The van der Waals surface area contributed by atoms with E-state index < -0.39 is 10.0 Å².